The van der Waals surface area contributed by atoms with Crippen LogP contribution < -0.4 is 16.0 Å². The quantitative estimate of drug-likeness (QED) is 0.0566. The number of rotatable bonds is 20. The number of carbonyl (C=O) groups is 5. The zero-order valence-electron chi connectivity index (χ0n) is 30.9. The highest BCUT2D eigenvalue weighted by molar-refractivity contribution is 5.90. The zero-order chi connectivity index (χ0) is 39.1. The van der Waals surface area contributed by atoms with Gasteiger partial charge in [0.1, 0.15) is 31.9 Å². The SMILES string of the molecule is COC(=O)C(Cc1ccccc1)NC(=O)C(CCCNC(=O)OCc1ccccc1)N(CCCNC(=O)OCc1ccccc1)C(=O)OCc1ccccc1. The first-order valence-corrected chi connectivity index (χ1v) is 18.1. The van der Waals surface area contributed by atoms with Gasteiger partial charge < -0.3 is 34.9 Å². The summed E-state index contributed by atoms with van der Waals surface area (Å²) in [6.45, 7) is 0.372. The summed E-state index contributed by atoms with van der Waals surface area (Å²) >= 11 is 0. The molecule has 4 amide bonds. The maximum absolute atomic E-state index is 14.2. The number of hydrogen-bond acceptors (Lipinski definition) is 9. The summed E-state index contributed by atoms with van der Waals surface area (Å²) in [6, 6.07) is 34.5. The molecule has 55 heavy (non-hydrogen) atoms. The molecule has 0 bridgehead atoms. The van der Waals surface area contributed by atoms with Crippen molar-refractivity contribution in [2.45, 2.75) is 57.6 Å². The normalized spacial score (nSPS) is 11.6. The molecule has 0 aliphatic carbocycles. The lowest BCUT2D eigenvalue weighted by molar-refractivity contribution is -0.145. The zero-order valence-corrected chi connectivity index (χ0v) is 30.9. The van der Waals surface area contributed by atoms with Gasteiger partial charge in [0.15, 0.2) is 0 Å². The summed E-state index contributed by atoms with van der Waals surface area (Å²) in [5, 5.41) is 8.16. The highest BCUT2D eigenvalue weighted by Crippen LogP contribution is 2.15. The molecule has 2 atom stereocenters. The Hall–Kier alpha value is -6.37. The van der Waals surface area contributed by atoms with Crippen LogP contribution in [0.5, 0.6) is 0 Å². The van der Waals surface area contributed by atoms with Gasteiger partial charge in [-0.1, -0.05) is 121 Å². The largest absolute Gasteiger partial charge is 0.467 e. The van der Waals surface area contributed by atoms with Crippen molar-refractivity contribution in [3.63, 3.8) is 0 Å². The van der Waals surface area contributed by atoms with Crippen LogP contribution in [-0.4, -0.2) is 73.9 Å². The first-order chi connectivity index (χ1) is 26.8. The molecule has 0 aliphatic rings. The molecule has 0 aliphatic heterocycles. The van der Waals surface area contributed by atoms with Gasteiger partial charge in [-0.15, -0.1) is 0 Å². The standard InChI is InChI=1S/C42H48N4O9/c1-52-39(48)36(28-32-16-6-2-7-17-32)45-38(47)37(24-14-25-43-40(49)53-29-33-18-8-3-9-19-33)46(42(51)55-31-35-22-12-5-13-23-35)27-15-26-44-41(50)54-30-34-20-10-4-11-21-34/h2-13,16-23,36-37H,14-15,24-31H2,1H3,(H,43,49)(H,44,50)(H,45,47). The van der Waals surface area contributed by atoms with E-state index in [-0.39, 0.29) is 65.1 Å². The Morgan fingerprint density at radius 2 is 1.02 bits per heavy atom. The summed E-state index contributed by atoms with van der Waals surface area (Å²) in [6.07, 6.45) is -1.33. The summed E-state index contributed by atoms with van der Waals surface area (Å²) in [5.74, 6) is -1.28. The number of amides is 4. The third-order valence-corrected chi connectivity index (χ3v) is 8.40. The molecule has 2 unspecified atom stereocenters. The van der Waals surface area contributed by atoms with Crippen LogP contribution in [0.25, 0.3) is 0 Å². The number of alkyl carbamates (subject to hydrolysis) is 2. The van der Waals surface area contributed by atoms with Crippen molar-refractivity contribution in [2.24, 2.45) is 0 Å². The molecule has 4 rings (SSSR count). The van der Waals surface area contributed by atoms with E-state index in [9.17, 15) is 24.0 Å². The molecule has 0 saturated heterocycles. The molecule has 3 N–H and O–H groups in total. The van der Waals surface area contributed by atoms with Crippen molar-refractivity contribution < 1.29 is 42.9 Å². The summed E-state index contributed by atoms with van der Waals surface area (Å²) in [4.78, 5) is 67.0. The Morgan fingerprint density at radius 3 is 1.49 bits per heavy atom. The van der Waals surface area contributed by atoms with Crippen molar-refractivity contribution in [1.82, 2.24) is 20.9 Å². The van der Waals surface area contributed by atoms with E-state index in [4.69, 9.17) is 18.9 Å². The number of hydrogen-bond donors (Lipinski definition) is 3. The average molecular weight is 753 g/mol. The molecular formula is C42H48N4O9. The Kier molecular flexibility index (Phi) is 17.6. The molecule has 290 valence electrons. The summed E-state index contributed by atoms with van der Waals surface area (Å²) in [5.41, 5.74) is 3.19. The molecule has 0 radical (unpaired) electrons. The molecule has 0 aromatic heterocycles. The van der Waals surface area contributed by atoms with Gasteiger partial charge in [0.25, 0.3) is 0 Å². The number of carbonyl (C=O) groups excluding carboxylic acids is 5. The van der Waals surface area contributed by atoms with E-state index in [1.165, 1.54) is 12.0 Å². The molecule has 0 spiro atoms. The van der Waals surface area contributed by atoms with Gasteiger partial charge in [0, 0.05) is 26.1 Å². The second kappa shape index (κ2) is 23.3. The topological polar surface area (TPSA) is 162 Å². The fourth-order valence-electron chi connectivity index (χ4n) is 5.53. The molecule has 0 heterocycles. The first-order valence-electron chi connectivity index (χ1n) is 18.1. The number of nitrogens with one attached hydrogen (secondary N) is 3. The lowest BCUT2D eigenvalue weighted by Crippen LogP contribution is -2.54. The lowest BCUT2D eigenvalue weighted by atomic mass is 10.0. The lowest BCUT2D eigenvalue weighted by Gasteiger charge is -2.31. The van der Waals surface area contributed by atoms with Crippen LogP contribution in [0.3, 0.4) is 0 Å². The fraction of sp³-hybridized carbons (Fsp3) is 0.310. The van der Waals surface area contributed by atoms with E-state index in [1.807, 2.05) is 109 Å². The van der Waals surface area contributed by atoms with Crippen LogP contribution >= 0.6 is 0 Å². The van der Waals surface area contributed by atoms with Gasteiger partial charge in [-0.2, -0.15) is 0 Å². The van der Waals surface area contributed by atoms with E-state index in [1.54, 1.807) is 12.1 Å². The van der Waals surface area contributed by atoms with Gasteiger partial charge in [-0.05, 0) is 41.5 Å². The van der Waals surface area contributed by atoms with E-state index < -0.39 is 42.2 Å². The maximum atomic E-state index is 14.2. The highest BCUT2D eigenvalue weighted by atomic mass is 16.6. The van der Waals surface area contributed by atoms with Crippen LogP contribution in [0.4, 0.5) is 14.4 Å². The predicted octanol–water partition coefficient (Wildman–Crippen LogP) is 5.92. The predicted molar refractivity (Wildman–Crippen MR) is 204 cm³/mol. The monoisotopic (exact) mass is 752 g/mol. The summed E-state index contributed by atoms with van der Waals surface area (Å²) < 4.78 is 21.3. The molecule has 0 saturated carbocycles. The molecule has 13 heteroatoms. The Balaban J connectivity index is 1.46. The minimum Gasteiger partial charge on any atom is -0.467 e. The van der Waals surface area contributed by atoms with Crippen molar-refractivity contribution in [3.05, 3.63) is 144 Å². The second-order valence-electron chi connectivity index (χ2n) is 12.5. The van der Waals surface area contributed by atoms with Crippen LogP contribution in [0, 0.1) is 0 Å². The number of nitrogens with zero attached hydrogens (tertiary/aromatic N) is 1. The van der Waals surface area contributed by atoms with Crippen LogP contribution in [0.15, 0.2) is 121 Å². The minimum absolute atomic E-state index is 0.00119. The molecule has 4 aromatic carbocycles. The second-order valence-corrected chi connectivity index (χ2v) is 12.5. The molecule has 4 aromatic rings. The van der Waals surface area contributed by atoms with Gasteiger partial charge in [-0.3, -0.25) is 9.69 Å². The first kappa shape index (κ1) is 41.4. The van der Waals surface area contributed by atoms with Crippen molar-refractivity contribution in [2.75, 3.05) is 26.7 Å². The third-order valence-electron chi connectivity index (χ3n) is 8.40. The smallest absolute Gasteiger partial charge is 0.410 e. The third kappa shape index (κ3) is 15.3. The Bertz CT molecular complexity index is 1760. The Morgan fingerprint density at radius 1 is 0.582 bits per heavy atom. The minimum atomic E-state index is -1.14. The number of esters is 1. The van der Waals surface area contributed by atoms with Crippen LogP contribution in [0.1, 0.15) is 41.5 Å². The van der Waals surface area contributed by atoms with Gasteiger partial charge in [-0.25, -0.2) is 19.2 Å². The van der Waals surface area contributed by atoms with Crippen LogP contribution in [0.2, 0.25) is 0 Å². The molecule has 13 nitrogen and oxygen atoms in total. The summed E-state index contributed by atoms with van der Waals surface area (Å²) in [7, 11) is 1.23. The van der Waals surface area contributed by atoms with E-state index in [0.29, 0.717) is 0 Å². The maximum Gasteiger partial charge on any atom is 0.410 e. The molecule has 0 fully saturated rings. The van der Waals surface area contributed by atoms with Crippen molar-refractivity contribution >= 4 is 30.2 Å². The number of methoxy groups -OCH3 is 1. The van der Waals surface area contributed by atoms with E-state index in [0.717, 1.165) is 22.3 Å². The molecular weight excluding hydrogens is 704 g/mol. The number of benzene rings is 4. The van der Waals surface area contributed by atoms with E-state index >= 15 is 0 Å². The van der Waals surface area contributed by atoms with Crippen molar-refractivity contribution in [3.8, 4) is 0 Å². The fourth-order valence-corrected chi connectivity index (χ4v) is 5.53. The number of ether oxygens (including phenoxy) is 4. The Labute approximate surface area is 321 Å². The van der Waals surface area contributed by atoms with Gasteiger partial charge >= 0.3 is 24.2 Å². The average Bonchev–Trinajstić information content (AvgIpc) is 3.22. The van der Waals surface area contributed by atoms with Crippen molar-refractivity contribution in [1.29, 1.82) is 0 Å². The van der Waals surface area contributed by atoms with E-state index in [2.05, 4.69) is 16.0 Å². The van der Waals surface area contributed by atoms with Gasteiger partial charge in [0.2, 0.25) is 5.91 Å². The van der Waals surface area contributed by atoms with Gasteiger partial charge in [0.05, 0.1) is 7.11 Å². The van der Waals surface area contributed by atoms with Crippen LogP contribution in [-0.2, 0) is 54.8 Å². The highest BCUT2D eigenvalue weighted by Gasteiger charge is 2.33.